The average molecular weight is 575 g/mol. The van der Waals surface area contributed by atoms with Crippen molar-refractivity contribution in [3.8, 4) is 11.5 Å². The van der Waals surface area contributed by atoms with Gasteiger partial charge in [-0.05, 0) is 60.2 Å². The number of aryl methyl sites for hydroxylation is 1. The van der Waals surface area contributed by atoms with Crippen LogP contribution in [-0.4, -0.2) is 36.5 Å². The largest absolute Gasteiger partial charge is 0.493 e. The number of nitro benzene ring substituents is 1. The van der Waals surface area contributed by atoms with Crippen LogP contribution in [0.3, 0.4) is 0 Å². The van der Waals surface area contributed by atoms with E-state index in [2.05, 4.69) is 0 Å². The molecule has 0 saturated carbocycles. The summed E-state index contributed by atoms with van der Waals surface area (Å²) in [5, 5.41) is 10.2. The van der Waals surface area contributed by atoms with Crippen molar-refractivity contribution in [2.45, 2.75) is 18.4 Å². The van der Waals surface area contributed by atoms with Crippen LogP contribution in [0.5, 0.6) is 11.5 Å². The lowest BCUT2D eigenvalue weighted by atomic mass is 10.1. The van der Waals surface area contributed by atoms with Gasteiger partial charge in [-0.2, -0.15) is 8.42 Å². The second-order valence-electron chi connectivity index (χ2n) is 8.08. The fraction of sp³-hybridized carbons (Fsp3) is 0.120. The Kier molecular flexibility index (Phi) is 7.76. The minimum Gasteiger partial charge on any atom is -0.493 e. The van der Waals surface area contributed by atoms with Crippen LogP contribution in [0.1, 0.15) is 16.7 Å². The van der Waals surface area contributed by atoms with Crippen molar-refractivity contribution in [3.05, 3.63) is 97.4 Å². The maximum atomic E-state index is 12.9. The number of non-ortho nitro benzene ring substituents is 1. The number of rotatable bonds is 8. The zero-order chi connectivity index (χ0) is 27.6. The Balaban J connectivity index is 1.57. The van der Waals surface area contributed by atoms with Crippen molar-refractivity contribution in [2.24, 2.45) is 0 Å². The molecular weight excluding hydrogens is 556 g/mol. The molecule has 0 atom stereocenters. The molecule has 0 N–H and O–H groups in total. The van der Waals surface area contributed by atoms with Gasteiger partial charge < -0.3 is 8.92 Å². The lowest BCUT2D eigenvalue weighted by Crippen LogP contribution is -2.27. The third-order valence-electron chi connectivity index (χ3n) is 5.41. The minimum absolute atomic E-state index is 0.00421. The summed E-state index contributed by atoms with van der Waals surface area (Å²) in [6, 6.07) is 14.4. The Morgan fingerprint density at radius 1 is 1.08 bits per heavy atom. The molecule has 1 fully saturated rings. The standard InChI is InChI=1S/C25H19ClN2O8S2/c1-15-3-9-19(10-4-15)38(33,34)36-23-20(26)11-17(12-21(23)35-2)13-22-24(29)27(25(30)37-22)14-16-5-7-18(8-6-16)28(31)32/h3-13H,14H2,1-2H3/b22-13-. The molecule has 4 rings (SSSR count). The monoisotopic (exact) mass is 574 g/mol. The Hall–Kier alpha value is -3.87. The molecule has 10 nitrogen and oxygen atoms in total. The van der Waals surface area contributed by atoms with Crippen molar-refractivity contribution in [2.75, 3.05) is 7.11 Å². The van der Waals surface area contributed by atoms with E-state index in [1.165, 1.54) is 61.7 Å². The lowest BCUT2D eigenvalue weighted by Gasteiger charge is -2.14. The number of carbonyl (C=O) groups is 2. The molecule has 1 aliphatic heterocycles. The second kappa shape index (κ2) is 10.9. The first-order chi connectivity index (χ1) is 18.0. The number of hydrogen-bond donors (Lipinski definition) is 0. The number of hydrogen-bond acceptors (Lipinski definition) is 9. The lowest BCUT2D eigenvalue weighted by molar-refractivity contribution is -0.384. The number of nitro groups is 1. The van der Waals surface area contributed by atoms with Crippen LogP contribution in [0.15, 0.2) is 70.5 Å². The summed E-state index contributed by atoms with van der Waals surface area (Å²) in [6.45, 7) is 1.76. The van der Waals surface area contributed by atoms with Gasteiger partial charge in [-0.25, -0.2) is 0 Å². The van der Waals surface area contributed by atoms with Gasteiger partial charge in [-0.15, -0.1) is 0 Å². The Bertz CT molecular complexity index is 1570. The zero-order valence-electron chi connectivity index (χ0n) is 19.9. The summed E-state index contributed by atoms with van der Waals surface area (Å²) < 4.78 is 36.0. The van der Waals surface area contributed by atoms with Crippen molar-refractivity contribution in [1.29, 1.82) is 0 Å². The molecule has 0 unspecified atom stereocenters. The number of amides is 2. The Morgan fingerprint density at radius 3 is 2.34 bits per heavy atom. The van der Waals surface area contributed by atoms with Crippen molar-refractivity contribution in [1.82, 2.24) is 4.90 Å². The highest BCUT2D eigenvalue weighted by Crippen LogP contribution is 2.40. The van der Waals surface area contributed by atoms with Crippen molar-refractivity contribution in [3.63, 3.8) is 0 Å². The van der Waals surface area contributed by atoms with Crippen LogP contribution >= 0.6 is 23.4 Å². The molecule has 0 radical (unpaired) electrons. The molecule has 3 aromatic carbocycles. The molecule has 0 spiro atoms. The summed E-state index contributed by atoms with van der Waals surface area (Å²) in [5.74, 6) is -0.779. The number of benzene rings is 3. The van der Waals surface area contributed by atoms with Crippen LogP contribution < -0.4 is 8.92 Å². The Morgan fingerprint density at radius 2 is 1.74 bits per heavy atom. The highest BCUT2D eigenvalue weighted by Gasteiger charge is 2.35. The normalized spacial score (nSPS) is 14.7. The van der Waals surface area contributed by atoms with E-state index in [9.17, 15) is 28.1 Å². The molecule has 196 valence electrons. The van der Waals surface area contributed by atoms with Gasteiger partial charge in [-0.1, -0.05) is 41.4 Å². The molecule has 1 aliphatic rings. The topological polar surface area (TPSA) is 133 Å². The number of nitrogens with zero attached hydrogens (tertiary/aromatic N) is 2. The van der Waals surface area contributed by atoms with Crippen LogP contribution in [0, 0.1) is 17.0 Å². The van der Waals surface area contributed by atoms with Gasteiger partial charge in [0, 0.05) is 12.1 Å². The number of methoxy groups -OCH3 is 1. The second-order valence-corrected chi connectivity index (χ2v) is 11.0. The summed E-state index contributed by atoms with van der Waals surface area (Å²) >= 11 is 7.05. The van der Waals surface area contributed by atoms with Crippen LogP contribution in [-0.2, 0) is 21.5 Å². The fourth-order valence-electron chi connectivity index (χ4n) is 3.46. The van der Waals surface area contributed by atoms with E-state index >= 15 is 0 Å². The predicted octanol–water partition coefficient (Wildman–Crippen LogP) is 5.57. The van der Waals surface area contributed by atoms with Crippen molar-refractivity contribution >= 4 is 56.4 Å². The predicted molar refractivity (Wildman–Crippen MR) is 142 cm³/mol. The molecule has 0 aromatic heterocycles. The van der Waals surface area contributed by atoms with E-state index in [1.54, 1.807) is 12.1 Å². The maximum Gasteiger partial charge on any atom is 0.339 e. The maximum absolute atomic E-state index is 12.9. The van der Waals surface area contributed by atoms with E-state index in [1.807, 2.05) is 6.92 Å². The van der Waals surface area contributed by atoms with Crippen LogP contribution in [0.25, 0.3) is 6.08 Å². The molecule has 2 amide bonds. The van der Waals surface area contributed by atoms with Gasteiger partial charge in [0.05, 0.1) is 28.5 Å². The van der Waals surface area contributed by atoms with Gasteiger partial charge in [0.1, 0.15) is 4.90 Å². The summed E-state index contributed by atoms with van der Waals surface area (Å²) in [5.41, 5.74) is 1.68. The molecule has 38 heavy (non-hydrogen) atoms. The van der Waals surface area contributed by atoms with E-state index in [0.29, 0.717) is 22.9 Å². The highest BCUT2D eigenvalue weighted by molar-refractivity contribution is 8.18. The molecule has 0 aliphatic carbocycles. The quantitative estimate of drug-likeness (QED) is 0.146. The number of ether oxygens (including phenoxy) is 1. The van der Waals surface area contributed by atoms with Crippen LogP contribution in [0.4, 0.5) is 10.5 Å². The zero-order valence-corrected chi connectivity index (χ0v) is 22.3. The van der Waals surface area contributed by atoms with Gasteiger partial charge in [0.2, 0.25) is 5.75 Å². The third kappa shape index (κ3) is 5.82. The molecule has 1 saturated heterocycles. The van der Waals surface area contributed by atoms with E-state index in [0.717, 1.165) is 10.5 Å². The first kappa shape index (κ1) is 27.2. The van der Waals surface area contributed by atoms with Gasteiger partial charge in [0.15, 0.2) is 5.75 Å². The van der Waals surface area contributed by atoms with E-state index in [4.69, 9.17) is 20.5 Å². The fourth-order valence-corrected chi connectivity index (χ4v) is 5.56. The first-order valence-electron chi connectivity index (χ1n) is 10.9. The van der Waals surface area contributed by atoms with Gasteiger partial charge in [-0.3, -0.25) is 24.6 Å². The SMILES string of the molecule is COc1cc(/C=C2\SC(=O)N(Cc3ccc([N+](=O)[O-])cc3)C2=O)cc(Cl)c1OS(=O)(=O)c1ccc(C)cc1. The smallest absolute Gasteiger partial charge is 0.339 e. The number of halogens is 1. The highest BCUT2D eigenvalue weighted by atomic mass is 35.5. The minimum atomic E-state index is -4.21. The molecule has 3 aromatic rings. The molecule has 1 heterocycles. The molecule has 0 bridgehead atoms. The number of imide groups is 1. The number of thioether (sulfide) groups is 1. The molecular formula is C25H19ClN2O8S2. The first-order valence-corrected chi connectivity index (χ1v) is 13.5. The van der Waals surface area contributed by atoms with Gasteiger partial charge >= 0.3 is 10.1 Å². The van der Waals surface area contributed by atoms with E-state index in [-0.39, 0.29) is 38.6 Å². The van der Waals surface area contributed by atoms with Crippen molar-refractivity contribution < 1.29 is 31.9 Å². The van der Waals surface area contributed by atoms with E-state index < -0.39 is 26.2 Å². The summed E-state index contributed by atoms with van der Waals surface area (Å²) in [6.07, 6.45) is 1.42. The summed E-state index contributed by atoms with van der Waals surface area (Å²) in [4.78, 5) is 36.8. The van der Waals surface area contributed by atoms with Crippen LogP contribution in [0.2, 0.25) is 5.02 Å². The molecule has 13 heteroatoms. The van der Waals surface area contributed by atoms with Gasteiger partial charge in [0.25, 0.3) is 16.8 Å². The average Bonchev–Trinajstić information content (AvgIpc) is 3.13. The number of carbonyl (C=O) groups excluding carboxylic acids is 2. The third-order valence-corrected chi connectivity index (χ3v) is 7.84. The summed E-state index contributed by atoms with van der Waals surface area (Å²) in [7, 11) is -2.90. The Labute approximate surface area is 227 Å².